The number of carbonyl (C=O) groups is 1. The van der Waals surface area contributed by atoms with Crippen molar-refractivity contribution in [3.63, 3.8) is 0 Å². The van der Waals surface area contributed by atoms with Crippen molar-refractivity contribution in [2.45, 2.75) is 24.9 Å². The van der Waals surface area contributed by atoms with Crippen LogP contribution in [0.15, 0.2) is 12.1 Å². The highest BCUT2D eigenvalue weighted by molar-refractivity contribution is 5.91. The van der Waals surface area contributed by atoms with E-state index >= 15 is 0 Å². The second-order valence-corrected chi connectivity index (χ2v) is 4.39. The molecule has 1 aromatic carbocycles. The van der Waals surface area contributed by atoms with Crippen molar-refractivity contribution in [2.75, 3.05) is 7.11 Å². The smallest absolute Gasteiger partial charge is 0.339 e. The van der Waals surface area contributed by atoms with Crippen LogP contribution in [0.25, 0.3) is 0 Å². The minimum Gasteiger partial charge on any atom is -0.508 e. The van der Waals surface area contributed by atoms with Crippen LogP contribution in [-0.4, -0.2) is 34.0 Å². The zero-order valence-electron chi connectivity index (χ0n) is 9.43. The number of aromatic hydroxyl groups is 1. The third kappa shape index (κ3) is 2.34. The van der Waals surface area contributed by atoms with E-state index in [1.807, 2.05) is 0 Å². The van der Waals surface area contributed by atoms with E-state index in [0.717, 1.165) is 0 Å². The first kappa shape index (κ1) is 11.7. The molecule has 0 unspecified atom stereocenters. The van der Waals surface area contributed by atoms with Crippen molar-refractivity contribution < 1.29 is 24.9 Å². The van der Waals surface area contributed by atoms with E-state index < -0.39 is 11.6 Å². The Kier molecular flexibility index (Phi) is 2.71. The molecule has 0 radical (unpaired) electrons. The Morgan fingerprint density at radius 1 is 1.47 bits per heavy atom. The molecule has 0 aromatic heterocycles. The van der Waals surface area contributed by atoms with Crippen LogP contribution in [0.3, 0.4) is 0 Å². The quantitative estimate of drug-likeness (QED) is 0.732. The van der Waals surface area contributed by atoms with Gasteiger partial charge in [0.2, 0.25) is 0 Å². The number of rotatable bonds is 4. The fraction of sp³-hybridized carbons (Fsp3) is 0.417. The van der Waals surface area contributed by atoms with Gasteiger partial charge in [0.25, 0.3) is 0 Å². The molecule has 0 heterocycles. The molecule has 1 fully saturated rings. The lowest BCUT2D eigenvalue weighted by molar-refractivity contribution is 0.0692. The number of carboxylic acids is 1. The van der Waals surface area contributed by atoms with E-state index in [1.54, 1.807) is 0 Å². The third-order valence-electron chi connectivity index (χ3n) is 2.98. The van der Waals surface area contributed by atoms with Gasteiger partial charge in [0, 0.05) is 12.5 Å². The maximum absolute atomic E-state index is 11.0. The highest BCUT2D eigenvalue weighted by Gasteiger charge is 2.41. The molecule has 0 saturated heterocycles. The summed E-state index contributed by atoms with van der Waals surface area (Å²) < 4.78 is 4.88. The molecule has 92 valence electrons. The number of aromatic carboxylic acids is 1. The second-order valence-electron chi connectivity index (χ2n) is 4.39. The predicted octanol–water partition coefficient (Wildman–Crippen LogP) is 1.17. The molecule has 0 bridgehead atoms. The molecule has 0 aliphatic heterocycles. The largest absolute Gasteiger partial charge is 0.508 e. The van der Waals surface area contributed by atoms with Crippen molar-refractivity contribution >= 4 is 5.97 Å². The molecule has 5 heteroatoms. The molecule has 1 aliphatic carbocycles. The summed E-state index contributed by atoms with van der Waals surface area (Å²) in [7, 11) is 1.34. The number of ether oxygens (including phenoxy) is 1. The maximum Gasteiger partial charge on any atom is 0.339 e. The van der Waals surface area contributed by atoms with Crippen molar-refractivity contribution in [3.8, 4) is 11.5 Å². The van der Waals surface area contributed by atoms with Crippen molar-refractivity contribution in [3.05, 3.63) is 23.3 Å². The fourth-order valence-corrected chi connectivity index (χ4v) is 1.77. The summed E-state index contributed by atoms with van der Waals surface area (Å²) in [4.78, 5) is 11.0. The fourth-order valence-electron chi connectivity index (χ4n) is 1.77. The van der Waals surface area contributed by atoms with Crippen molar-refractivity contribution in [1.29, 1.82) is 0 Å². The number of phenolic OH excluding ortho intramolecular Hbond substituents is 1. The van der Waals surface area contributed by atoms with E-state index in [-0.39, 0.29) is 23.5 Å². The number of hydrogen-bond donors (Lipinski definition) is 3. The molecule has 2 rings (SSSR count). The van der Waals surface area contributed by atoms with Crippen molar-refractivity contribution in [2.24, 2.45) is 0 Å². The van der Waals surface area contributed by atoms with Gasteiger partial charge in [-0.25, -0.2) is 4.79 Å². The summed E-state index contributed by atoms with van der Waals surface area (Å²) in [6.45, 7) is 0. The highest BCUT2D eigenvalue weighted by Crippen LogP contribution is 2.41. The average Bonchev–Trinajstić information content (AvgIpc) is 2.98. The molecule has 5 nitrogen and oxygen atoms in total. The number of carboxylic acid groups (broad SMARTS) is 1. The summed E-state index contributed by atoms with van der Waals surface area (Å²) in [5.41, 5.74) is -0.352. The van der Waals surface area contributed by atoms with E-state index in [4.69, 9.17) is 9.84 Å². The topological polar surface area (TPSA) is 87.0 Å². The Balaban J connectivity index is 2.38. The van der Waals surface area contributed by atoms with Crippen LogP contribution in [0.4, 0.5) is 0 Å². The van der Waals surface area contributed by atoms with Crippen molar-refractivity contribution in [1.82, 2.24) is 0 Å². The zero-order chi connectivity index (χ0) is 12.6. The number of phenols is 1. The van der Waals surface area contributed by atoms with Gasteiger partial charge in [0.1, 0.15) is 17.1 Å². The standard InChI is InChI=1S/C12H14O5/c1-17-10-5-9(13)7(4-8(10)11(14)15)6-12(16)2-3-12/h4-5,13,16H,2-3,6H2,1H3,(H,14,15). The van der Waals surface area contributed by atoms with Gasteiger partial charge in [-0.15, -0.1) is 0 Å². The molecular formula is C12H14O5. The molecule has 17 heavy (non-hydrogen) atoms. The highest BCUT2D eigenvalue weighted by atomic mass is 16.5. The van der Waals surface area contributed by atoms with Gasteiger partial charge in [0.05, 0.1) is 12.7 Å². The first-order valence-electron chi connectivity index (χ1n) is 5.31. The Hall–Kier alpha value is -1.75. The van der Waals surface area contributed by atoms with E-state index in [1.165, 1.54) is 19.2 Å². The third-order valence-corrected chi connectivity index (χ3v) is 2.98. The van der Waals surface area contributed by atoms with E-state index in [2.05, 4.69) is 0 Å². The number of benzene rings is 1. The molecular weight excluding hydrogens is 224 g/mol. The molecule has 0 spiro atoms. The molecule has 3 N–H and O–H groups in total. The Labute approximate surface area is 98.3 Å². The summed E-state index contributed by atoms with van der Waals surface area (Å²) >= 11 is 0. The minimum absolute atomic E-state index is 0.00968. The normalized spacial score (nSPS) is 16.6. The van der Waals surface area contributed by atoms with Gasteiger partial charge in [-0.2, -0.15) is 0 Å². The van der Waals surface area contributed by atoms with Gasteiger partial charge in [-0.1, -0.05) is 0 Å². The van der Waals surface area contributed by atoms with Gasteiger partial charge in [-0.05, 0) is 24.5 Å². The molecule has 0 atom stereocenters. The maximum atomic E-state index is 11.0. The van der Waals surface area contributed by atoms with Gasteiger partial charge < -0.3 is 20.1 Å². The first-order valence-corrected chi connectivity index (χ1v) is 5.31. The predicted molar refractivity (Wildman–Crippen MR) is 59.5 cm³/mol. The number of hydrogen-bond acceptors (Lipinski definition) is 4. The average molecular weight is 238 g/mol. The van der Waals surface area contributed by atoms with Crippen LogP contribution >= 0.6 is 0 Å². The van der Waals surface area contributed by atoms with Crippen LogP contribution in [-0.2, 0) is 6.42 Å². The van der Waals surface area contributed by atoms with E-state index in [0.29, 0.717) is 18.4 Å². The monoisotopic (exact) mass is 238 g/mol. The van der Waals surface area contributed by atoms with Crippen LogP contribution in [0, 0.1) is 0 Å². The Morgan fingerprint density at radius 2 is 2.12 bits per heavy atom. The van der Waals surface area contributed by atoms with Gasteiger partial charge >= 0.3 is 5.97 Å². The van der Waals surface area contributed by atoms with E-state index in [9.17, 15) is 15.0 Å². The lowest BCUT2D eigenvalue weighted by Gasteiger charge is -2.12. The molecule has 1 saturated carbocycles. The Morgan fingerprint density at radius 3 is 2.59 bits per heavy atom. The SMILES string of the molecule is COc1cc(O)c(CC2(O)CC2)cc1C(=O)O. The van der Waals surface area contributed by atoms with Crippen LogP contribution in [0.5, 0.6) is 11.5 Å². The van der Waals surface area contributed by atoms with Crippen LogP contribution in [0.1, 0.15) is 28.8 Å². The lowest BCUT2D eigenvalue weighted by atomic mass is 10.0. The second kappa shape index (κ2) is 3.92. The number of aliphatic hydroxyl groups is 1. The molecule has 1 aromatic rings. The summed E-state index contributed by atoms with van der Waals surface area (Å²) in [5, 5.41) is 28.5. The lowest BCUT2D eigenvalue weighted by Crippen LogP contribution is -2.12. The first-order chi connectivity index (χ1) is 7.95. The summed E-state index contributed by atoms with van der Waals surface area (Å²) in [6.07, 6.45) is 1.63. The van der Waals surface area contributed by atoms with Crippen LogP contribution < -0.4 is 4.74 Å². The van der Waals surface area contributed by atoms with Gasteiger partial charge in [-0.3, -0.25) is 0 Å². The number of methoxy groups -OCH3 is 1. The minimum atomic E-state index is -1.12. The molecule has 0 amide bonds. The molecule has 1 aliphatic rings. The van der Waals surface area contributed by atoms with Crippen LogP contribution in [0.2, 0.25) is 0 Å². The Bertz CT molecular complexity index is 462. The summed E-state index contributed by atoms with van der Waals surface area (Å²) in [5.74, 6) is -1.06. The summed E-state index contributed by atoms with van der Waals surface area (Å²) in [6, 6.07) is 2.62. The van der Waals surface area contributed by atoms with Gasteiger partial charge in [0.15, 0.2) is 0 Å². The zero-order valence-corrected chi connectivity index (χ0v) is 9.43.